The Labute approximate surface area is 114 Å². The second-order valence-electron chi connectivity index (χ2n) is 5.83. The van der Waals surface area contributed by atoms with Gasteiger partial charge in [0, 0.05) is 12.4 Å². The number of rotatable bonds is 5. The zero-order valence-electron chi connectivity index (χ0n) is 13.0. The normalized spacial score (nSPS) is 11.9. The van der Waals surface area contributed by atoms with Crippen LogP contribution in [0.4, 0.5) is 0 Å². The van der Waals surface area contributed by atoms with Crippen molar-refractivity contribution < 1.29 is 0 Å². The summed E-state index contributed by atoms with van der Waals surface area (Å²) in [6.45, 7) is 17.9. The van der Waals surface area contributed by atoms with Crippen LogP contribution in [0.5, 0.6) is 0 Å². The Morgan fingerprint density at radius 3 is 1.72 bits per heavy atom. The van der Waals surface area contributed by atoms with Crippen molar-refractivity contribution >= 4 is 16.6 Å². The van der Waals surface area contributed by atoms with Gasteiger partial charge in [0.15, 0.2) is 16.6 Å². The van der Waals surface area contributed by atoms with Gasteiger partial charge in [-0.3, -0.25) is 0 Å². The van der Waals surface area contributed by atoms with Crippen LogP contribution >= 0.6 is 0 Å². The molecule has 0 aliphatic rings. The molecular weight excluding hydrogens is 256 g/mol. The minimum absolute atomic E-state index is 1.08. The molecule has 0 unspecified atom stereocenters. The van der Waals surface area contributed by atoms with Gasteiger partial charge in [0.25, 0.3) is 0 Å². The molecule has 1 heterocycles. The first kappa shape index (κ1) is 17.6. The molecule has 4 nitrogen and oxygen atoms in total. The van der Waals surface area contributed by atoms with Crippen LogP contribution in [-0.2, 0) is 0 Å². The zero-order valence-corrected chi connectivity index (χ0v) is 15.0. The fourth-order valence-corrected chi connectivity index (χ4v) is 4.42. The lowest BCUT2D eigenvalue weighted by Crippen LogP contribution is -2.57. The Balaban J connectivity index is 0.000000321. The first-order valence-corrected chi connectivity index (χ1v) is 13.2. The van der Waals surface area contributed by atoms with Crippen LogP contribution in [0.1, 0.15) is 13.8 Å². The van der Waals surface area contributed by atoms with E-state index < -0.39 is 16.6 Å². The molecule has 0 saturated carbocycles. The van der Waals surface area contributed by atoms with Crippen LogP contribution in [0, 0.1) is 0 Å². The van der Waals surface area contributed by atoms with Gasteiger partial charge in [0.05, 0.1) is 6.33 Å². The molecule has 0 fully saturated rings. The molecule has 1 aromatic heterocycles. The van der Waals surface area contributed by atoms with Crippen molar-refractivity contribution in [2.75, 3.05) is 13.1 Å². The van der Waals surface area contributed by atoms with Gasteiger partial charge in [-0.1, -0.05) is 33.5 Å². The Hall–Kier alpha value is -0.436. The van der Waals surface area contributed by atoms with E-state index in [2.05, 4.69) is 65.8 Å². The largest absolute Gasteiger partial charge is 0.365 e. The first-order chi connectivity index (χ1) is 8.23. The van der Waals surface area contributed by atoms with E-state index in [-0.39, 0.29) is 0 Å². The predicted molar refractivity (Wildman–Crippen MR) is 85.8 cm³/mol. The smallest absolute Gasteiger partial charge is 0.195 e. The summed E-state index contributed by atoms with van der Waals surface area (Å²) in [5.74, 6) is 0. The fourth-order valence-electron chi connectivity index (χ4n) is 1.60. The van der Waals surface area contributed by atoms with E-state index >= 15 is 0 Å². The lowest BCUT2D eigenvalue weighted by atomic mass is 10.8. The van der Waals surface area contributed by atoms with Crippen molar-refractivity contribution in [3.05, 3.63) is 18.7 Å². The third kappa shape index (κ3) is 7.81. The average molecular weight is 287 g/mol. The molecule has 2 N–H and O–H groups in total. The third-order valence-electron chi connectivity index (χ3n) is 2.52. The maximum Gasteiger partial charge on any atom is 0.195 e. The molecule has 6 heteroatoms. The van der Waals surface area contributed by atoms with E-state index in [0.717, 1.165) is 13.1 Å². The summed E-state index contributed by atoms with van der Waals surface area (Å²) in [7, 11) is -2.33. The molecule has 0 radical (unpaired) electrons. The Morgan fingerprint density at radius 1 is 1.00 bits per heavy atom. The molecule has 0 bridgehead atoms. The Morgan fingerprint density at radius 2 is 1.50 bits per heavy atom. The van der Waals surface area contributed by atoms with E-state index in [1.165, 1.54) is 0 Å². The second kappa shape index (κ2) is 7.88. The van der Waals surface area contributed by atoms with Gasteiger partial charge in [0.2, 0.25) is 0 Å². The minimum atomic E-state index is -1.20. The van der Waals surface area contributed by atoms with Gasteiger partial charge in [-0.15, -0.1) is 0 Å². The number of nitrogens with one attached hydrogen (secondary N) is 2. The number of aromatic nitrogens is 2. The second-order valence-corrected chi connectivity index (χ2v) is 14.6. The first-order valence-electron chi connectivity index (χ1n) is 6.71. The van der Waals surface area contributed by atoms with E-state index in [1.807, 2.05) is 18.7 Å². The van der Waals surface area contributed by atoms with Crippen LogP contribution in [0.15, 0.2) is 18.7 Å². The van der Waals surface area contributed by atoms with E-state index in [4.69, 9.17) is 0 Å². The number of nitrogens with zero attached hydrogens (tertiary/aromatic N) is 2. The lowest BCUT2D eigenvalue weighted by Gasteiger charge is -2.22. The van der Waals surface area contributed by atoms with Gasteiger partial charge in [-0.05, 0) is 26.2 Å². The Kier molecular flexibility index (Phi) is 7.69. The van der Waals surface area contributed by atoms with Crippen LogP contribution in [0.2, 0.25) is 32.7 Å². The highest BCUT2D eigenvalue weighted by Gasteiger charge is 2.16. The maximum atomic E-state index is 3.99. The standard InChI is InChI=1S/C6H12N2Si.C6H18N2Si/c1-9(2,3)8-5-4-7-6-8;1-5-7-9(3,4)8-6-2/h4-6H,1-3H3;7-8H,5-6H2,1-4H3. The van der Waals surface area contributed by atoms with Crippen molar-refractivity contribution in [2.45, 2.75) is 46.6 Å². The van der Waals surface area contributed by atoms with Crippen LogP contribution < -0.4 is 9.96 Å². The van der Waals surface area contributed by atoms with Crippen molar-refractivity contribution in [1.82, 2.24) is 19.2 Å². The molecule has 0 atom stereocenters. The zero-order chi connectivity index (χ0) is 14.2. The van der Waals surface area contributed by atoms with Crippen LogP contribution in [0.25, 0.3) is 0 Å². The fraction of sp³-hybridized carbons (Fsp3) is 0.750. The van der Waals surface area contributed by atoms with Crippen molar-refractivity contribution in [1.29, 1.82) is 0 Å². The van der Waals surface area contributed by atoms with E-state index in [9.17, 15) is 0 Å². The molecule has 1 rings (SSSR count). The number of hydrogen-bond acceptors (Lipinski definition) is 3. The van der Waals surface area contributed by atoms with Crippen molar-refractivity contribution in [2.24, 2.45) is 0 Å². The molecule has 0 aliphatic carbocycles. The average Bonchev–Trinajstić information content (AvgIpc) is 2.69. The number of hydrogen-bond donors (Lipinski definition) is 2. The summed E-state index contributed by atoms with van der Waals surface area (Å²) in [6, 6.07) is 0. The summed E-state index contributed by atoms with van der Waals surface area (Å²) in [6.07, 6.45) is 5.76. The molecule has 18 heavy (non-hydrogen) atoms. The molecule has 0 saturated heterocycles. The number of imidazole rings is 1. The highest BCUT2D eigenvalue weighted by Crippen LogP contribution is 2.03. The summed E-state index contributed by atoms with van der Waals surface area (Å²) in [5, 5.41) is 0. The summed E-state index contributed by atoms with van der Waals surface area (Å²) >= 11 is 0. The topological polar surface area (TPSA) is 41.9 Å². The Bertz CT molecular complexity index is 296. The quantitative estimate of drug-likeness (QED) is 0.817. The minimum Gasteiger partial charge on any atom is -0.365 e. The summed E-state index contributed by atoms with van der Waals surface area (Å²) < 4.78 is 2.22. The SMILES string of the molecule is CCN[Si](C)(C)NCC.C[Si](C)(C)n1ccnc1. The summed E-state index contributed by atoms with van der Waals surface area (Å²) in [5.41, 5.74) is 0. The predicted octanol–water partition coefficient (Wildman–Crippen LogP) is 2.47. The molecule has 0 aliphatic heterocycles. The van der Waals surface area contributed by atoms with Gasteiger partial charge < -0.3 is 14.2 Å². The van der Waals surface area contributed by atoms with Gasteiger partial charge in [-0.25, -0.2) is 4.98 Å². The monoisotopic (exact) mass is 286 g/mol. The van der Waals surface area contributed by atoms with Gasteiger partial charge in [-0.2, -0.15) is 0 Å². The third-order valence-corrected chi connectivity index (χ3v) is 6.81. The maximum absolute atomic E-state index is 3.99. The molecular formula is C12H30N4Si2. The molecule has 0 amide bonds. The summed E-state index contributed by atoms with van der Waals surface area (Å²) in [4.78, 5) is 10.9. The molecule has 1 aromatic rings. The van der Waals surface area contributed by atoms with Crippen molar-refractivity contribution in [3.63, 3.8) is 0 Å². The van der Waals surface area contributed by atoms with Gasteiger partial charge >= 0.3 is 0 Å². The van der Waals surface area contributed by atoms with Crippen LogP contribution in [-0.4, -0.2) is 38.9 Å². The van der Waals surface area contributed by atoms with Gasteiger partial charge in [0.1, 0.15) is 0 Å². The highest BCUT2D eigenvalue weighted by molar-refractivity contribution is 6.74. The molecule has 0 aromatic carbocycles. The lowest BCUT2D eigenvalue weighted by molar-refractivity contribution is 0.865. The molecule has 0 spiro atoms. The molecule has 106 valence electrons. The van der Waals surface area contributed by atoms with Crippen molar-refractivity contribution in [3.8, 4) is 0 Å². The van der Waals surface area contributed by atoms with E-state index in [1.54, 1.807) is 0 Å². The van der Waals surface area contributed by atoms with Crippen LogP contribution in [0.3, 0.4) is 0 Å². The highest BCUT2D eigenvalue weighted by atomic mass is 28.3. The van der Waals surface area contributed by atoms with E-state index in [0.29, 0.717) is 0 Å².